The Balaban J connectivity index is 2.98. The zero-order valence-corrected chi connectivity index (χ0v) is 13.5. The fourth-order valence-corrected chi connectivity index (χ4v) is 2.42. The van der Waals surface area contributed by atoms with Gasteiger partial charge in [-0.1, -0.05) is 13.8 Å². The topological polar surface area (TPSA) is 72.5 Å². The molecule has 1 amide bonds. The van der Waals surface area contributed by atoms with Gasteiger partial charge in [0, 0.05) is 17.8 Å². The number of rotatable bonds is 6. The third kappa shape index (κ3) is 4.94. The molecule has 1 N–H and O–H groups in total. The average Bonchev–Trinajstić information content (AvgIpc) is 2.36. The normalized spacial score (nSPS) is 13.2. The molecule has 8 heteroatoms. The second-order valence-electron chi connectivity index (χ2n) is 4.86. The van der Waals surface area contributed by atoms with Gasteiger partial charge in [0.1, 0.15) is 5.82 Å². The molecule has 118 valence electrons. The van der Waals surface area contributed by atoms with Crippen molar-refractivity contribution in [2.45, 2.75) is 24.8 Å². The third-order valence-electron chi connectivity index (χ3n) is 2.93. The van der Waals surface area contributed by atoms with Gasteiger partial charge in [-0.25, -0.2) is 12.8 Å². The Kier molecular flexibility index (Phi) is 6.12. The van der Waals surface area contributed by atoms with Gasteiger partial charge in [0.15, 0.2) is 0 Å². The number of benzene rings is 1. The van der Waals surface area contributed by atoms with Gasteiger partial charge in [-0.15, -0.1) is 0 Å². The molecule has 21 heavy (non-hydrogen) atoms. The first kappa shape index (κ1) is 17.9. The molecule has 0 spiro atoms. The lowest BCUT2D eigenvalue weighted by molar-refractivity contribution is 0.0862. The number of hydrogen-bond acceptors (Lipinski definition) is 4. The van der Waals surface area contributed by atoms with Gasteiger partial charge in [-0.3, -0.25) is 4.79 Å². The van der Waals surface area contributed by atoms with Crippen LogP contribution in [0.2, 0.25) is 0 Å². The van der Waals surface area contributed by atoms with E-state index in [9.17, 15) is 17.6 Å². The summed E-state index contributed by atoms with van der Waals surface area (Å²) in [6, 6.07) is 2.61. The molecule has 0 radical (unpaired) electrons. The number of halogens is 2. The summed E-state index contributed by atoms with van der Waals surface area (Å²) < 4.78 is 41.0. The standard InChI is InChI=1S/C13H17ClFNO4S/c1-8(2)12(7-20-3)16-13(17)10-5-4-9(6-11(10)15)21(14,18)19/h4-6,8,12H,7H2,1-3H3,(H,16,17). The van der Waals surface area contributed by atoms with E-state index in [-0.39, 0.29) is 17.5 Å². The van der Waals surface area contributed by atoms with Gasteiger partial charge in [-0.05, 0) is 24.1 Å². The van der Waals surface area contributed by atoms with Crippen LogP contribution in [0.3, 0.4) is 0 Å². The van der Waals surface area contributed by atoms with Crippen LogP contribution in [0.15, 0.2) is 23.1 Å². The van der Waals surface area contributed by atoms with E-state index >= 15 is 0 Å². The van der Waals surface area contributed by atoms with Crippen molar-refractivity contribution in [1.29, 1.82) is 0 Å². The van der Waals surface area contributed by atoms with Crippen molar-refractivity contribution in [2.24, 2.45) is 5.92 Å². The number of carbonyl (C=O) groups excluding carboxylic acids is 1. The summed E-state index contributed by atoms with van der Waals surface area (Å²) in [5.74, 6) is -1.49. The van der Waals surface area contributed by atoms with Gasteiger partial charge >= 0.3 is 0 Å². The minimum Gasteiger partial charge on any atom is -0.383 e. The van der Waals surface area contributed by atoms with Crippen molar-refractivity contribution in [2.75, 3.05) is 13.7 Å². The van der Waals surface area contributed by atoms with E-state index in [2.05, 4.69) is 5.32 Å². The molecule has 0 fully saturated rings. The highest BCUT2D eigenvalue weighted by Crippen LogP contribution is 2.18. The fourth-order valence-electron chi connectivity index (χ4n) is 1.66. The monoisotopic (exact) mass is 337 g/mol. The summed E-state index contributed by atoms with van der Waals surface area (Å²) in [6.45, 7) is 4.08. The second kappa shape index (κ2) is 7.20. The number of methoxy groups -OCH3 is 1. The SMILES string of the molecule is COCC(NC(=O)c1ccc(S(=O)(=O)Cl)cc1F)C(C)C. The predicted molar refractivity (Wildman–Crippen MR) is 77.4 cm³/mol. The molecule has 0 saturated carbocycles. The maximum absolute atomic E-state index is 13.9. The molecular weight excluding hydrogens is 321 g/mol. The molecule has 0 bridgehead atoms. The van der Waals surface area contributed by atoms with E-state index in [4.69, 9.17) is 15.4 Å². The highest BCUT2D eigenvalue weighted by molar-refractivity contribution is 8.13. The van der Waals surface area contributed by atoms with Crippen LogP contribution in [0.25, 0.3) is 0 Å². The van der Waals surface area contributed by atoms with Crippen LogP contribution in [-0.4, -0.2) is 34.1 Å². The summed E-state index contributed by atoms with van der Waals surface area (Å²) in [5.41, 5.74) is -0.249. The van der Waals surface area contributed by atoms with Crippen LogP contribution >= 0.6 is 10.7 Å². The number of carbonyl (C=O) groups is 1. The number of ether oxygens (including phenoxy) is 1. The molecule has 5 nitrogen and oxygen atoms in total. The van der Waals surface area contributed by atoms with Crippen molar-refractivity contribution >= 4 is 25.6 Å². The number of hydrogen-bond donors (Lipinski definition) is 1. The fraction of sp³-hybridized carbons (Fsp3) is 0.462. The van der Waals surface area contributed by atoms with Crippen LogP contribution in [0, 0.1) is 11.7 Å². The maximum atomic E-state index is 13.9. The molecule has 1 aromatic rings. The Morgan fingerprint density at radius 1 is 1.43 bits per heavy atom. The van der Waals surface area contributed by atoms with E-state index < -0.39 is 25.7 Å². The Morgan fingerprint density at radius 2 is 2.05 bits per heavy atom. The molecule has 1 rings (SSSR count). The largest absolute Gasteiger partial charge is 0.383 e. The summed E-state index contributed by atoms with van der Waals surface area (Å²) >= 11 is 0. The first-order chi connectivity index (χ1) is 9.66. The van der Waals surface area contributed by atoms with Crippen molar-refractivity contribution in [3.8, 4) is 0 Å². The Bertz CT molecular complexity index is 619. The zero-order chi connectivity index (χ0) is 16.2. The highest BCUT2D eigenvalue weighted by atomic mass is 35.7. The van der Waals surface area contributed by atoms with E-state index in [1.165, 1.54) is 7.11 Å². The predicted octanol–water partition coefficient (Wildman–Crippen LogP) is 2.15. The number of nitrogens with one attached hydrogen (secondary N) is 1. The van der Waals surface area contributed by atoms with Crippen LogP contribution in [0.1, 0.15) is 24.2 Å². The first-order valence-electron chi connectivity index (χ1n) is 6.20. The van der Waals surface area contributed by atoms with Crippen molar-refractivity contribution in [3.63, 3.8) is 0 Å². The van der Waals surface area contributed by atoms with Crippen molar-refractivity contribution < 1.29 is 22.3 Å². The third-order valence-corrected chi connectivity index (χ3v) is 4.29. The van der Waals surface area contributed by atoms with Gasteiger partial charge in [0.05, 0.1) is 23.1 Å². The smallest absolute Gasteiger partial charge is 0.261 e. The maximum Gasteiger partial charge on any atom is 0.261 e. The summed E-state index contributed by atoms with van der Waals surface area (Å²) in [6.07, 6.45) is 0. The quantitative estimate of drug-likeness (QED) is 0.807. The summed E-state index contributed by atoms with van der Waals surface area (Å²) in [5, 5.41) is 2.65. The van der Waals surface area contributed by atoms with Gasteiger partial charge in [-0.2, -0.15) is 0 Å². The Hall–Kier alpha value is -1.18. The lowest BCUT2D eigenvalue weighted by Crippen LogP contribution is -2.41. The van der Waals surface area contributed by atoms with Crippen molar-refractivity contribution in [1.82, 2.24) is 5.32 Å². The average molecular weight is 338 g/mol. The highest BCUT2D eigenvalue weighted by Gasteiger charge is 2.21. The van der Waals surface area contributed by atoms with E-state index in [1.54, 1.807) is 0 Å². The lowest BCUT2D eigenvalue weighted by atomic mass is 10.0. The molecule has 0 aliphatic heterocycles. The Labute approximate surface area is 127 Å². The molecule has 0 heterocycles. The minimum atomic E-state index is -4.03. The second-order valence-corrected chi connectivity index (χ2v) is 7.42. The Morgan fingerprint density at radius 3 is 2.48 bits per heavy atom. The van der Waals surface area contributed by atoms with E-state index in [1.807, 2.05) is 13.8 Å². The number of amides is 1. The minimum absolute atomic E-state index is 0.0967. The van der Waals surface area contributed by atoms with E-state index in [0.29, 0.717) is 6.61 Å². The van der Waals surface area contributed by atoms with Crippen LogP contribution in [0.4, 0.5) is 4.39 Å². The lowest BCUT2D eigenvalue weighted by Gasteiger charge is -2.21. The van der Waals surface area contributed by atoms with E-state index in [0.717, 1.165) is 18.2 Å². The van der Waals surface area contributed by atoms with Gasteiger partial charge in [0.25, 0.3) is 15.0 Å². The molecule has 0 aliphatic rings. The van der Waals surface area contributed by atoms with Gasteiger partial charge < -0.3 is 10.1 Å². The molecule has 1 unspecified atom stereocenters. The molecule has 1 aromatic carbocycles. The van der Waals surface area contributed by atoms with Crippen LogP contribution in [0.5, 0.6) is 0 Å². The summed E-state index contributed by atoms with van der Waals surface area (Å²) in [7, 11) is 2.59. The zero-order valence-electron chi connectivity index (χ0n) is 11.9. The molecule has 0 aliphatic carbocycles. The van der Waals surface area contributed by atoms with Crippen molar-refractivity contribution in [3.05, 3.63) is 29.6 Å². The molecule has 1 atom stereocenters. The van der Waals surface area contributed by atoms with Crippen LogP contribution in [-0.2, 0) is 13.8 Å². The molecule has 0 aromatic heterocycles. The molecule has 0 saturated heterocycles. The van der Waals surface area contributed by atoms with Gasteiger partial charge in [0.2, 0.25) is 0 Å². The first-order valence-corrected chi connectivity index (χ1v) is 8.51. The summed E-state index contributed by atoms with van der Waals surface area (Å²) in [4.78, 5) is 11.6. The molecular formula is C13H17ClFNO4S. The van der Waals surface area contributed by atoms with Crippen LogP contribution < -0.4 is 5.32 Å².